The van der Waals surface area contributed by atoms with Crippen molar-refractivity contribution in [2.24, 2.45) is 0 Å². The van der Waals surface area contributed by atoms with Crippen molar-refractivity contribution in [1.82, 2.24) is 0 Å². The first-order valence-electron chi connectivity index (χ1n) is 13.6. The summed E-state index contributed by atoms with van der Waals surface area (Å²) >= 11 is -2.02. The van der Waals surface area contributed by atoms with Gasteiger partial charge in [-0.3, -0.25) is 0 Å². The van der Waals surface area contributed by atoms with Gasteiger partial charge < -0.3 is 0 Å². The SMILES string of the molecule is [Cl][Hf]([Cl])=[C]1CCCCC1.c1ccc(-c2cccc3[cH-]ccc23)cc1.c1ccc(-c2cccc3[cH-]ccc23)cc1. The second-order valence-corrected chi connectivity index (χ2v) is 22.0. The Labute approximate surface area is 246 Å². The zero-order valence-electron chi connectivity index (χ0n) is 22.0. The average molecular weight is 714 g/mol. The normalized spacial score (nSPS) is 12.8. The fourth-order valence-electron chi connectivity index (χ4n) is 5.23. The summed E-state index contributed by atoms with van der Waals surface area (Å²) in [6, 6.07) is 46.8. The molecule has 0 aliphatic heterocycles. The molecule has 0 bridgehead atoms. The maximum absolute atomic E-state index is 5.90. The minimum absolute atomic E-state index is 1.25. The van der Waals surface area contributed by atoms with Gasteiger partial charge in [0.1, 0.15) is 0 Å². The van der Waals surface area contributed by atoms with Crippen LogP contribution in [0.5, 0.6) is 0 Å². The van der Waals surface area contributed by atoms with Crippen molar-refractivity contribution < 1.29 is 18.6 Å². The summed E-state index contributed by atoms with van der Waals surface area (Å²) < 4.78 is 1.55. The van der Waals surface area contributed by atoms with Gasteiger partial charge in [-0.15, -0.1) is 57.9 Å². The first kappa shape index (κ1) is 28.0. The largest absolute Gasteiger partial charge is 0.168 e. The molecule has 0 spiro atoms. The third-order valence-corrected chi connectivity index (χ3v) is 15.3. The van der Waals surface area contributed by atoms with Gasteiger partial charge in [0.2, 0.25) is 0 Å². The predicted octanol–water partition coefficient (Wildman–Crippen LogP) is 11.5. The zero-order valence-corrected chi connectivity index (χ0v) is 27.1. The first-order chi connectivity index (χ1) is 19.2. The fourth-order valence-corrected chi connectivity index (χ4v) is 11.0. The zero-order chi connectivity index (χ0) is 26.9. The molecule has 6 aromatic rings. The molecule has 1 saturated carbocycles. The average Bonchev–Trinajstić information content (AvgIpc) is 3.69. The molecule has 0 amide bonds. The van der Waals surface area contributed by atoms with E-state index in [-0.39, 0.29) is 0 Å². The second-order valence-electron chi connectivity index (χ2n) is 9.83. The Hall–Kier alpha value is -2.58. The molecule has 1 aliphatic carbocycles. The quantitative estimate of drug-likeness (QED) is 0.124. The van der Waals surface area contributed by atoms with Crippen LogP contribution in [0.3, 0.4) is 0 Å². The second kappa shape index (κ2) is 14.2. The molecule has 1 fully saturated rings. The van der Waals surface area contributed by atoms with E-state index in [1.165, 1.54) is 75.9 Å². The molecule has 0 aromatic heterocycles. The molecule has 1 aliphatic rings. The van der Waals surface area contributed by atoms with Crippen LogP contribution in [0.1, 0.15) is 32.1 Å². The van der Waals surface area contributed by atoms with Crippen LogP contribution in [0.2, 0.25) is 0 Å². The van der Waals surface area contributed by atoms with E-state index in [1.54, 1.807) is 3.26 Å². The van der Waals surface area contributed by atoms with Crippen molar-refractivity contribution in [3.05, 3.63) is 133 Å². The molecule has 0 heterocycles. The Morgan fingerprint density at radius 1 is 0.487 bits per heavy atom. The van der Waals surface area contributed by atoms with Gasteiger partial charge >= 0.3 is 71.1 Å². The molecule has 7 rings (SSSR count). The number of rotatable bonds is 2. The minimum atomic E-state index is -2.02. The van der Waals surface area contributed by atoms with Crippen molar-refractivity contribution in [3.8, 4) is 22.3 Å². The van der Waals surface area contributed by atoms with Crippen molar-refractivity contribution in [2.45, 2.75) is 32.1 Å². The van der Waals surface area contributed by atoms with Crippen molar-refractivity contribution in [1.29, 1.82) is 0 Å². The van der Waals surface area contributed by atoms with E-state index >= 15 is 0 Å². The van der Waals surface area contributed by atoms with Gasteiger partial charge in [-0.1, -0.05) is 83.9 Å². The van der Waals surface area contributed by atoms with E-state index < -0.39 is 18.6 Å². The molecule has 0 radical (unpaired) electrons. The molecular formula is C36H32Cl2Hf-2. The van der Waals surface area contributed by atoms with Crippen LogP contribution in [0.25, 0.3) is 43.8 Å². The van der Waals surface area contributed by atoms with Gasteiger partial charge in [0, 0.05) is 0 Å². The van der Waals surface area contributed by atoms with Gasteiger partial charge in [-0.05, 0) is 11.1 Å². The van der Waals surface area contributed by atoms with E-state index in [4.69, 9.17) is 17.2 Å². The van der Waals surface area contributed by atoms with Crippen LogP contribution in [0, 0.1) is 0 Å². The molecule has 0 atom stereocenters. The Morgan fingerprint density at radius 2 is 0.949 bits per heavy atom. The number of hydrogen-bond acceptors (Lipinski definition) is 0. The smallest absolute Gasteiger partial charge is 0.0279 e. The maximum Gasteiger partial charge on any atom is -0.0279 e. The Morgan fingerprint density at radius 3 is 1.36 bits per heavy atom. The van der Waals surface area contributed by atoms with E-state index in [0.29, 0.717) is 0 Å². The van der Waals surface area contributed by atoms with Crippen molar-refractivity contribution >= 4 is 42.0 Å². The van der Waals surface area contributed by atoms with Crippen LogP contribution in [0.15, 0.2) is 133 Å². The maximum atomic E-state index is 5.90. The Bertz CT molecular complexity index is 1520. The van der Waals surface area contributed by atoms with Crippen LogP contribution in [-0.2, 0) is 18.6 Å². The fraction of sp³-hybridized carbons (Fsp3) is 0.139. The molecule has 0 N–H and O–H groups in total. The van der Waals surface area contributed by atoms with Gasteiger partial charge in [0.05, 0.1) is 0 Å². The summed E-state index contributed by atoms with van der Waals surface area (Å²) in [5.74, 6) is 0. The minimum Gasteiger partial charge on any atom is -0.168 e. The van der Waals surface area contributed by atoms with E-state index in [9.17, 15) is 0 Å². The summed E-state index contributed by atoms with van der Waals surface area (Å²) in [5.41, 5.74) is 5.21. The van der Waals surface area contributed by atoms with E-state index in [2.05, 4.69) is 133 Å². The van der Waals surface area contributed by atoms with Crippen molar-refractivity contribution in [2.75, 3.05) is 0 Å². The van der Waals surface area contributed by atoms with Crippen molar-refractivity contribution in [3.63, 3.8) is 0 Å². The van der Waals surface area contributed by atoms with Gasteiger partial charge in [-0.2, -0.15) is 24.3 Å². The topological polar surface area (TPSA) is 0 Å². The van der Waals surface area contributed by atoms with E-state index in [1.807, 2.05) is 0 Å². The summed E-state index contributed by atoms with van der Waals surface area (Å²) in [6.45, 7) is 0. The van der Waals surface area contributed by atoms with Gasteiger partial charge in [0.25, 0.3) is 0 Å². The number of hydrogen-bond donors (Lipinski definition) is 0. The first-order valence-corrected chi connectivity index (χ1v) is 24.3. The third kappa shape index (κ3) is 7.34. The molecular weight excluding hydrogens is 682 g/mol. The summed E-state index contributed by atoms with van der Waals surface area (Å²) in [5, 5.41) is 5.31. The molecule has 196 valence electrons. The molecule has 6 aromatic carbocycles. The summed E-state index contributed by atoms with van der Waals surface area (Å²) in [4.78, 5) is 0. The number of halogens is 2. The monoisotopic (exact) mass is 714 g/mol. The summed E-state index contributed by atoms with van der Waals surface area (Å²) in [7, 11) is 11.8. The van der Waals surface area contributed by atoms with Crippen LogP contribution < -0.4 is 0 Å². The molecule has 0 saturated heterocycles. The van der Waals surface area contributed by atoms with Crippen LogP contribution in [0.4, 0.5) is 0 Å². The van der Waals surface area contributed by atoms with Crippen LogP contribution >= 0.6 is 17.2 Å². The Balaban J connectivity index is 0.000000123. The third-order valence-electron chi connectivity index (χ3n) is 7.25. The summed E-state index contributed by atoms with van der Waals surface area (Å²) in [6.07, 6.45) is 6.55. The van der Waals surface area contributed by atoms with Gasteiger partial charge in [-0.25, -0.2) is 0 Å². The standard InChI is InChI=1S/2C15H11.C6H10.2ClH.Hf/c2*1-2-6-12(7-3-1)14-10-4-8-13-9-5-11-15(13)14;1-2-4-6-5-3-1;;;/h2*1-11H;1-5H2;2*1H;/q2*-1;;;;+2/p-2. The molecule has 0 nitrogen and oxygen atoms in total. The van der Waals surface area contributed by atoms with E-state index in [0.717, 1.165) is 0 Å². The number of fused-ring (bicyclic) bond motifs is 2. The molecule has 0 unspecified atom stereocenters. The predicted molar refractivity (Wildman–Crippen MR) is 170 cm³/mol. The molecule has 3 heteroatoms. The Kier molecular flexibility index (Phi) is 10.2. The van der Waals surface area contributed by atoms with Crippen LogP contribution in [-0.4, -0.2) is 3.26 Å². The van der Waals surface area contributed by atoms with Gasteiger partial charge in [0.15, 0.2) is 0 Å². The molecule has 39 heavy (non-hydrogen) atoms. The number of benzene rings is 4.